The van der Waals surface area contributed by atoms with Crippen LogP contribution >= 0.6 is 0 Å². The van der Waals surface area contributed by atoms with E-state index in [4.69, 9.17) is 5.11 Å². The number of nitrogens with zero attached hydrogens (tertiary/aromatic N) is 4. The maximum atomic E-state index is 12.3. The summed E-state index contributed by atoms with van der Waals surface area (Å²) in [4.78, 5) is 17.0. The minimum atomic E-state index is -4.77. The van der Waals surface area contributed by atoms with Crippen molar-refractivity contribution in [3.8, 4) is 5.82 Å². The highest BCUT2D eigenvalue weighted by Gasteiger charge is 2.39. The summed E-state index contributed by atoms with van der Waals surface area (Å²) in [5, 5.41) is 13.3. The monoisotopic (exact) mass is 342 g/mol. The second-order valence-corrected chi connectivity index (χ2v) is 5.49. The predicted octanol–water partition coefficient (Wildman–Crippen LogP) is 1.88. The second-order valence-electron chi connectivity index (χ2n) is 5.49. The summed E-state index contributed by atoms with van der Waals surface area (Å²) in [7, 11) is 1.19. The Morgan fingerprint density at radius 3 is 2.50 bits per heavy atom. The van der Waals surface area contributed by atoms with Gasteiger partial charge >= 0.3 is 6.18 Å². The van der Waals surface area contributed by atoms with E-state index in [-0.39, 0.29) is 5.56 Å². The average molecular weight is 342 g/mol. The molecular weight excluding hydrogens is 325 g/mol. The number of halogens is 3. The molecule has 1 amide bonds. The third kappa shape index (κ3) is 3.91. The van der Waals surface area contributed by atoms with E-state index in [1.807, 2.05) is 19.9 Å². The van der Waals surface area contributed by atoms with Crippen molar-refractivity contribution < 1.29 is 23.1 Å². The summed E-state index contributed by atoms with van der Waals surface area (Å²) in [6.07, 6.45) is -6.09. The first kappa shape index (κ1) is 17.9. The number of rotatable bonds is 4. The van der Waals surface area contributed by atoms with Crippen LogP contribution in [0.25, 0.3) is 5.82 Å². The maximum absolute atomic E-state index is 12.3. The van der Waals surface area contributed by atoms with Crippen LogP contribution in [0.4, 0.5) is 13.2 Å². The zero-order chi connectivity index (χ0) is 18.1. The molecule has 1 N–H and O–H groups in total. The van der Waals surface area contributed by atoms with Crippen molar-refractivity contribution in [2.24, 2.45) is 0 Å². The normalized spacial score (nSPS) is 13.0. The summed E-state index contributed by atoms with van der Waals surface area (Å²) in [6, 6.07) is 4.88. The Balaban J connectivity index is 2.12. The van der Waals surface area contributed by atoms with Crippen LogP contribution in [0.1, 0.15) is 21.7 Å². The Kier molecular flexibility index (Phi) is 4.93. The zero-order valence-corrected chi connectivity index (χ0v) is 13.4. The van der Waals surface area contributed by atoms with E-state index in [1.54, 1.807) is 10.7 Å². The molecule has 130 valence electrons. The largest absolute Gasteiger partial charge is 0.416 e. The first-order chi connectivity index (χ1) is 11.1. The maximum Gasteiger partial charge on any atom is 0.416 e. The second kappa shape index (κ2) is 6.60. The minimum absolute atomic E-state index is 0.122. The summed E-state index contributed by atoms with van der Waals surface area (Å²) >= 11 is 0. The van der Waals surface area contributed by atoms with Crippen molar-refractivity contribution in [3.05, 3.63) is 41.3 Å². The highest BCUT2D eigenvalue weighted by Crippen LogP contribution is 2.21. The molecule has 0 radical (unpaired) electrons. The Morgan fingerprint density at radius 1 is 1.38 bits per heavy atom. The lowest BCUT2D eigenvalue weighted by Gasteiger charge is -2.22. The van der Waals surface area contributed by atoms with E-state index in [2.05, 4.69) is 10.1 Å². The average Bonchev–Trinajstić information content (AvgIpc) is 2.84. The summed E-state index contributed by atoms with van der Waals surface area (Å²) < 4.78 is 38.6. The molecule has 1 atom stereocenters. The quantitative estimate of drug-likeness (QED) is 0.921. The fourth-order valence-electron chi connectivity index (χ4n) is 2.16. The molecule has 1 unspecified atom stereocenters. The molecule has 2 aromatic rings. The summed E-state index contributed by atoms with van der Waals surface area (Å²) in [5.74, 6) is -0.166. The van der Waals surface area contributed by atoms with Gasteiger partial charge in [0.05, 0.1) is 17.8 Å². The molecule has 0 bridgehead atoms. The lowest BCUT2D eigenvalue weighted by atomic mass is 10.2. The Bertz CT molecular complexity index is 725. The van der Waals surface area contributed by atoms with Gasteiger partial charge in [0, 0.05) is 18.9 Å². The van der Waals surface area contributed by atoms with E-state index >= 15 is 0 Å². The van der Waals surface area contributed by atoms with Crippen molar-refractivity contribution in [3.63, 3.8) is 0 Å². The fraction of sp³-hybridized carbons (Fsp3) is 0.400. The van der Waals surface area contributed by atoms with Gasteiger partial charge in [0.2, 0.25) is 0 Å². The third-order valence-electron chi connectivity index (χ3n) is 3.39. The van der Waals surface area contributed by atoms with E-state index in [9.17, 15) is 18.0 Å². The number of hydrogen-bond donors (Lipinski definition) is 1. The van der Waals surface area contributed by atoms with Crippen molar-refractivity contribution in [2.45, 2.75) is 26.1 Å². The van der Waals surface area contributed by atoms with Crippen LogP contribution in [0.5, 0.6) is 0 Å². The molecule has 6 nitrogen and oxygen atoms in total. The molecule has 9 heteroatoms. The van der Waals surface area contributed by atoms with Crippen LogP contribution in [-0.2, 0) is 0 Å². The van der Waals surface area contributed by atoms with E-state index in [1.165, 1.54) is 19.3 Å². The van der Waals surface area contributed by atoms with Gasteiger partial charge in [-0.25, -0.2) is 9.67 Å². The molecule has 0 aliphatic heterocycles. The van der Waals surface area contributed by atoms with Crippen LogP contribution < -0.4 is 0 Å². The van der Waals surface area contributed by atoms with Gasteiger partial charge in [-0.15, -0.1) is 0 Å². The standard InChI is InChI=1S/C15H17F3N4O2/c1-9-6-10(2)22(20-9)13-5-4-11(7-19-13)14(24)21(3)8-12(23)15(16,17)18/h4-7,12,23H,8H2,1-3H3. The molecule has 0 aliphatic carbocycles. The molecule has 24 heavy (non-hydrogen) atoms. The Morgan fingerprint density at radius 2 is 2.04 bits per heavy atom. The third-order valence-corrected chi connectivity index (χ3v) is 3.39. The number of likely N-dealkylation sites (N-methyl/N-ethyl adjacent to an activating group) is 1. The van der Waals surface area contributed by atoms with E-state index in [0.717, 1.165) is 16.3 Å². The zero-order valence-electron chi connectivity index (χ0n) is 13.4. The number of carbonyl (C=O) groups excluding carboxylic acids is 1. The molecule has 0 spiro atoms. The van der Waals surface area contributed by atoms with Crippen LogP contribution in [0, 0.1) is 13.8 Å². The number of carbonyl (C=O) groups is 1. The molecule has 2 rings (SSSR count). The van der Waals surface area contributed by atoms with Gasteiger partial charge in [0.25, 0.3) is 5.91 Å². The van der Waals surface area contributed by atoms with E-state index in [0.29, 0.717) is 5.82 Å². The van der Waals surface area contributed by atoms with E-state index < -0.39 is 24.7 Å². The van der Waals surface area contributed by atoms with Crippen molar-refractivity contribution in [1.82, 2.24) is 19.7 Å². The Hall–Kier alpha value is -2.42. The van der Waals surface area contributed by atoms with Crippen molar-refractivity contribution in [2.75, 3.05) is 13.6 Å². The van der Waals surface area contributed by atoms with Gasteiger partial charge in [-0.05, 0) is 32.0 Å². The summed E-state index contributed by atoms with van der Waals surface area (Å²) in [6.45, 7) is 2.84. The highest BCUT2D eigenvalue weighted by atomic mass is 19.4. The molecule has 2 aromatic heterocycles. The van der Waals surface area contributed by atoms with Gasteiger partial charge in [-0.2, -0.15) is 18.3 Å². The molecule has 0 saturated carbocycles. The molecular formula is C15H17F3N4O2. The number of aryl methyl sites for hydroxylation is 2. The van der Waals surface area contributed by atoms with Gasteiger partial charge in [0.15, 0.2) is 11.9 Å². The fourth-order valence-corrected chi connectivity index (χ4v) is 2.16. The number of pyridine rings is 1. The molecule has 0 aliphatic rings. The lowest BCUT2D eigenvalue weighted by Crippen LogP contribution is -2.41. The number of hydrogen-bond acceptors (Lipinski definition) is 4. The minimum Gasteiger partial charge on any atom is -0.382 e. The SMILES string of the molecule is Cc1cc(C)n(-c2ccc(C(=O)N(C)CC(O)C(F)(F)F)cn2)n1. The number of alkyl halides is 3. The van der Waals surface area contributed by atoms with Crippen LogP contribution in [0.2, 0.25) is 0 Å². The highest BCUT2D eigenvalue weighted by molar-refractivity contribution is 5.93. The molecule has 0 saturated heterocycles. The van der Waals surface area contributed by atoms with Crippen molar-refractivity contribution in [1.29, 1.82) is 0 Å². The predicted molar refractivity (Wildman–Crippen MR) is 79.9 cm³/mol. The van der Waals surface area contributed by atoms with Crippen LogP contribution in [-0.4, -0.2) is 56.6 Å². The van der Waals surface area contributed by atoms with Gasteiger partial charge in [-0.1, -0.05) is 0 Å². The Labute approximate surface area is 136 Å². The van der Waals surface area contributed by atoms with Gasteiger partial charge in [0.1, 0.15) is 0 Å². The molecule has 0 aromatic carbocycles. The van der Waals surface area contributed by atoms with Gasteiger partial charge in [-0.3, -0.25) is 4.79 Å². The first-order valence-electron chi connectivity index (χ1n) is 7.09. The van der Waals surface area contributed by atoms with Crippen molar-refractivity contribution >= 4 is 5.91 Å². The number of aliphatic hydroxyl groups excluding tert-OH is 1. The van der Waals surface area contributed by atoms with Crippen LogP contribution in [0.15, 0.2) is 24.4 Å². The number of aromatic nitrogens is 3. The number of aliphatic hydroxyl groups is 1. The van der Waals surface area contributed by atoms with Gasteiger partial charge < -0.3 is 10.0 Å². The van der Waals surface area contributed by atoms with Crippen LogP contribution in [0.3, 0.4) is 0 Å². The molecule has 0 fully saturated rings. The summed E-state index contributed by atoms with van der Waals surface area (Å²) in [5.41, 5.74) is 1.80. The number of amides is 1. The lowest BCUT2D eigenvalue weighted by molar-refractivity contribution is -0.205. The molecule has 2 heterocycles. The topological polar surface area (TPSA) is 71.2 Å². The smallest absolute Gasteiger partial charge is 0.382 e. The first-order valence-corrected chi connectivity index (χ1v) is 7.09.